The number of H-pyrrole nitrogens is 1. The number of nitrogens with one attached hydrogen (secondary N) is 1. The van der Waals surface area contributed by atoms with Crippen molar-refractivity contribution in [1.29, 1.82) is 0 Å². The monoisotopic (exact) mass is 366 g/mol. The molecule has 138 valence electrons. The first-order valence-corrected chi connectivity index (χ1v) is 8.59. The van der Waals surface area contributed by atoms with E-state index in [2.05, 4.69) is 25.7 Å². The van der Waals surface area contributed by atoms with Crippen LogP contribution in [0, 0.1) is 0 Å². The molecule has 3 heterocycles. The fourth-order valence-corrected chi connectivity index (χ4v) is 3.01. The first kappa shape index (κ1) is 16.9. The molecule has 2 aromatic heterocycles. The molecule has 4 rings (SSSR count). The van der Waals surface area contributed by atoms with E-state index in [1.807, 2.05) is 30.3 Å². The summed E-state index contributed by atoms with van der Waals surface area (Å²) >= 11 is 0. The molecule has 1 N–H and O–H groups in total. The average molecular weight is 366 g/mol. The molecule has 2 amide bonds. The number of piperazine rings is 1. The summed E-state index contributed by atoms with van der Waals surface area (Å²) in [5, 5.41) is 17.8. The highest BCUT2D eigenvalue weighted by Crippen LogP contribution is 2.18. The second-order valence-corrected chi connectivity index (χ2v) is 6.21. The Balaban J connectivity index is 1.35. The fraction of sp³-hybridized carbons (Fsp3) is 0.294. The number of rotatable bonds is 4. The van der Waals surface area contributed by atoms with E-state index in [9.17, 15) is 9.59 Å². The maximum Gasteiger partial charge on any atom is 0.272 e. The van der Waals surface area contributed by atoms with Crippen molar-refractivity contribution in [3.05, 3.63) is 48.4 Å². The maximum absolute atomic E-state index is 12.7. The molecule has 0 bridgehead atoms. The Kier molecular flexibility index (Phi) is 4.60. The van der Waals surface area contributed by atoms with E-state index in [-0.39, 0.29) is 18.4 Å². The molecule has 0 aliphatic carbocycles. The molecule has 1 saturated heterocycles. The zero-order valence-electron chi connectivity index (χ0n) is 14.5. The zero-order valence-corrected chi connectivity index (χ0v) is 14.5. The lowest BCUT2D eigenvalue weighted by atomic mass is 10.1. The average Bonchev–Trinajstić information content (AvgIpc) is 3.40. The molecule has 3 aromatic rings. The first-order chi connectivity index (χ1) is 13.2. The fourth-order valence-electron chi connectivity index (χ4n) is 3.01. The van der Waals surface area contributed by atoms with E-state index in [1.54, 1.807) is 15.9 Å². The summed E-state index contributed by atoms with van der Waals surface area (Å²) in [4.78, 5) is 28.4. The van der Waals surface area contributed by atoms with Crippen LogP contribution in [0.1, 0.15) is 10.5 Å². The Labute approximate surface area is 154 Å². The van der Waals surface area contributed by atoms with Crippen LogP contribution >= 0.6 is 0 Å². The molecule has 0 atom stereocenters. The van der Waals surface area contributed by atoms with Crippen LogP contribution in [0.25, 0.3) is 11.3 Å². The zero-order chi connectivity index (χ0) is 18.6. The molecule has 0 radical (unpaired) electrons. The highest BCUT2D eigenvalue weighted by atomic mass is 16.2. The van der Waals surface area contributed by atoms with Gasteiger partial charge in [-0.25, -0.2) is 4.68 Å². The number of hydrogen-bond acceptors (Lipinski definition) is 6. The number of aromatic nitrogens is 6. The van der Waals surface area contributed by atoms with Crippen LogP contribution < -0.4 is 0 Å². The maximum atomic E-state index is 12.7. The van der Waals surface area contributed by atoms with E-state index in [4.69, 9.17) is 0 Å². The highest BCUT2D eigenvalue weighted by Gasteiger charge is 2.26. The van der Waals surface area contributed by atoms with Gasteiger partial charge in [0.2, 0.25) is 5.91 Å². The number of carbonyl (C=O) groups excluding carboxylic acids is 2. The predicted molar refractivity (Wildman–Crippen MR) is 94.3 cm³/mol. The smallest absolute Gasteiger partial charge is 0.272 e. The van der Waals surface area contributed by atoms with Crippen molar-refractivity contribution in [1.82, 2.24) is 40.2 Å². The number of aromatic amines is 1. The molecular formula is C17H18N8O2. The Morgan fingerprint density at radius 3 is 2.48 bits per heavy atom. The van der Waals surface area contributed by atoms with Crippen molar-refractivity contribution >= 4 is 11.8 Å². The van der Waals surface area contributed by atoms with Crippen LogP contribution in [0.15, 0.2) is 42.7 Å². The minimum atomic E-state index is -0.114. The summed E-state index contributed by atoms with van der Waals surface area (Å²) in [5.41, 5.74) is 2.13. The van der Waals surface area contributed by atoms with Crippen molar-refractivity contribution < 1.29 is 9.59 Å². The van der Waals surface area contributed by atoms with Gasteiger partial charge in [0.05, 0.1) is 5.69 Å². The Morgan fingerprint density at radius 1 is 1.04 bits per heavy atom. The highest BCUT2D eigenvalue weighted by molar-refractivity contribution is 5.93. The minimum Gasteiger partial charge on any atom is -0.338 e. The van der Waals surface area contributed by atoms with Crippen LogP contribution in [0.2, 0.25) is 0 Å². The van der Waals surface area contributed by atoms with Gasteiger partial charge >= 0.3 is 0 Å². The molecule has 0 saturated carbocycles. The molecule has 0 spiro atoms. The van der Waals surface area contributed by atoms with Gasteiger partial charge in [0.25, 0.3) is 5.91 Å². The van der Waals surface area contributed by atoms with Gasteiger partial charge in [0, 0.05) is 31.7 Å². The second kappa shape index (κ2) is 7.36. The second-order valence-electron chi connectivity index (χ2n) is 6.21. The van der Waals surface area contributed by atoms with Crippen LogP contribution in [0.5, 0.6) is 0 Å². The van der Waals surface area contributed by atoms with E-state index < -0.39 is 0 Å². The normalized spacial score (nSPS) is 14.4. The van der Waals surface area contributed by atoms with Crippen molar-refractivity contribution in [2.24, 2.45) is 0 Å². The van der Waals surface area contributed by atoms with Gasteiger partial charge in [0.1, 0.15) is 18.6 Å². The third-order valence-electron chi connectivity index (χ3n) is 4.49. The molecule has 27 heavy (non-hydrogen) atoms. The summed E-state index contributed by atoms with van der Waals surface area (Å²) in [6.07, 6.45) is 1.40. The van der Waals surface area contributed by atoms with Crippen LogP contribution in [0.4, 0.5) is 0 Å². The Bertz CT molecular complexity index is 914. The lowest BCUT2D eigenvalue weighted by molar-refractivity contribution is -0.133. The van der Waals surface area contributed by atoms with E-state index in [1.165, 1.54) is 11.0 Å². The topological polar surface area (TPSA) is 113 Å². The number of tetrazole rings is 1. The molecule has 0 unspecified atom stereocenters. The molecule has 10 nitrogen and oxygen atoms in total. The Hall–Kier alpha value is -3.56. The number of nitrogens with zero attached hydrogens (tertiary/aromatic N) is 7. The lowest BCUT2D eigenvalue weighted by Crippen LogP contribution is -2.51. The third-order valence-corrected chi connectivity index (χ3v) is 4.49. The van der Waals surface area contributed by atoms with Gasteiger partial charge < -0.3 is 9.80 Å². The van der Waals surface area contributed by atoms with Gasteiger partial charge in [0.15, 0.2) is 0 Å². The summed E-state index contributed by atoms with van der Waals surface area (Å²) in [5.74, 6) is -0.181. The van der Waals surface area contributed by atoms with E-state index >= 15 is 0 Å². The minimum absolute atomic E-state index is 0.0673. The largest absolute Gasteiger partial charge is 0.338 e. The SMILES string of the molecule is O=C(Cn1cnnn1)N1CCN(C(=O)c2cc(-c3ccccc3)n[nH]2)CC1. The van der Waals surface area contributed by atoms with Gasteiger partial charge in [-0.15, -0.1) is 5.10 Å². The van der Waals surface area contributed by atoms with Crippen LogP contribution in [-0.2, 0) is 11.3 Å². The van der Waals surface area contributed by atoms with Crippen molar-refractivity contribution in [2.45, 2.75) is 6.54 Å². The molecule has 1 aliphatic rings. The number of hydrogen-bond donors (Lipinski definition) is 1. The molecule has 10 heteroatoms. The predicted octanol–water partition coefficient (Wildman–Crippen LogP) is 0.0478. The first-order valence-electron chi connectivity index (χ1n) is 8.59. The number of carbonyl (C=O) groups is 2. The van der Waals surface area contributed by atoms with Gasteiger partial charge in [-0.2, -0.15) is 5.10 Å². The summed E-state index contributed by atoms with van der Waals surface area (Å²) < 4.78 is 1.38. The summed E-state index contributed by atoms with van der Waals surface area (Å²) in [6, 6.07) is 11.4. The van der Waals surface area contributed by atoms with Gasteiger partial charge in [-0.05, 0) is 16.5 Å². The van der Waals surface area contributed by atoms with Crippen molar-refractivity contribution in [3.8, 4) is 11.3 Å². The van der Waals surface area contributed by atoms with Crippen molar-refractivity contribution in [2.75, 3.05) is 26.2 Å². The molecule has 1 aliphatic heterocycles. The van der Waals surface area contributed by atoms with E-state index in [0.29, 0.717) is 31.9 Å². The van der Waals surface area contributed by atoms with Crippen molar-refractivity contribution in [3.63, 3.8) is 0 Å². The summed E-state index contributed by atoms with van der Waals surface area (Å²) in [6.45, 7) is 2.00. The summed E-state index contributed by atoms with van der Waals surface area (Å²) in [7, 11) is 0. The number of benzene rings is 1. The quantitative estimate of drug-likeness (QED) is 0.698. The number of amides is 2. The lowest BCUT2D eigenvalue weighted by Gasteiger charge is -2.34. The van der Waals surface area contributed by atoms with Gasteiger partial charge in [-0.3, -0.25) is 14.7 Å². The molecule has 1 fully saturated rings. The molecule has 1 aromatic carbocycles. The molecular weight excluding hydrogens is 348 g/mol. The standard InChI is InChI=1S/C17H18N8O2/c26-16(11-25-12-18-21-22-25)23-6-8-24(9-7-23)17(27)15-10-14(19-20-15)13-4-2-1-3-5-13/h1-5,10,12H,6-9,11H2,(H,19,20). The van der Waals surface area contributed by atoms with Gasteiger partial charge in [-0.1, -0.05) is 30.3 Å². The third kappa shape index (κ3) is 3.68. The van der Waals surface area contributed by atoms with Crippen LogP contribution in [0.3, 0.4) is 0 Å². The van der Waals surface area contributed by atoms with E-state index in [0.717, 1.165) is 11.3 Å². The van der Waals surface area contributed by atoms with Crippen LogP contribution in [-0.4, -0.2) is 78.2 Å². The Morgan fingerprint density at radius 2 is 1.78 bits per heavy atom.